The van der Waals surface area contributed by atoms with Crippen LogP contribution in [0.4, 0.5) is 0 Å². The molecule has 1 aliphatic carbocycles. The number of rotatable bonds is 5. The van der Waals surface area contributed by atoms with Crippen LogP contribution >= 0.6 is 0 Å². The maximum absolute atomic E-state index is 12.9. The van der Waals surface area contributed by atoms with Gasteiger partial charge in [0.1, 0.15) is 10.6 Å². The van der Waals surface area contributed by atoms with Crippen molar-refractivity contribution in [1.82, 2.24) is 9.62 Å². The Morgan fingerprint density at radius 2 is 1.85 bits per heavy atom. The number of hydrogen-bond donors (Lipinski definition) is 1. The molecule has 0 spiro atoms. The second-order valence-corrected chi connectivity index (χ2v) is 8.99. The lowest BCUT2D eigenvalue weighted by molar-refractivity contribution is 0.0635. The second-order valence-electron chi connectivity index (χ2n) is 7.31. The fourth-order valence-electron chi connectivity index (χ4n) is 3.91. The first-order chi connectivity index (χ1) is 12.4. The smallest absolute Gasteiger partial charge is 0.254 e. The number of amides is 1. The number of nitrogens with zero attached hydrogens (tertiary/aromatic N) is 1. The Labute approximate surface area is 156 Å². The summed E-state index contributed by atoms with van der Waals surface area (Å²) in [5.41, 5.74) is 0.395. The van der Waals surface area contributed by atoms with Crippen molar-refractivity contribution >= 4 is 15.9 Å². The zero-order valence-electron chi connectivity index (χ0n) is 15.5. The third-order valence-electron chi connectivity index (χ3n) is 5.44. The molecule has 1 saturated carbocycles. The van der Waals surface area contributed by atoms with Crippen molar-refractivity contribution in [3.8, 4) is 5.75 Å². The normalized spacial score (nSPS) is 21.8. The summed E-state index contributed by atoms with van der Waals surface area (Å²) in [6.07, 6.45) is 6.87. The molecule has 1 unspecified atom stereocenters. The minimum absolute atomic E-state index is 0.0359. The van der Waals surface area contributed by atoms with E-state index in [4.69, 9.17) is 4.74 Å². The average Bonchev–Trinajstić information content (AvgIpc) is 3.13. The van der Waals surface area contributed by atoms with Gasteiger partial charge < -0.3 is 9.64 Å². The lowest BCUT2D eigenvalue weighted by Crippen LogP contribution is -2.42. The predicted molar refractivity (Wildman–Crippen MR) is 99.9 cm³/mol. The number of piperidine rings is 1. The molecule has 0 radical (unpaired) electrons. The Morgan fingerprint density at radius 1 is 1.15 bits per heavy atom. The lowest BCUT2D eigenvalue weighted by Gasteiger charge is -2.33. The Morgan fingerprint density at radius 3 is 2.50 bits per heavy atom. The Hall–Kier alpha value is -1.60. The summed E-state index contributed by atoms with van der Waals surface area (Å²) in [4.78, 5) is 14.8. The predicted octanol–water partition coefficient (Wildman–Crippen LogP) is 2.93. The summed E-state index contributed by atoms with van der Waals surface area (Å²) >= 11 is 0. The second kappa shape index (κ2) is 7.96. The number of methoxy groups -OCH3 is 1. The van der Waals surface area contributed by atoms with E-state index >= 15 is 0 Å². The molecule has 7 heteroatoms. The summed E-state index contributed by atoms with van der Waals surface area (Å²) in [7, 11) is -2.29. The van der Waals surface area contributed by atoms with Crippen LogP contribution in [-0.4, -0.2) is 45.0 Å². The molecule has 1 atom stereocenters. The quantitative estimate of drug-likeness (QED) is 0.852. The van der Waals surface area contributed by atoms with Gasteiger partial charge in [-0.25, -0.2) is 13.1 Å². The first-order valence-electron chi connectivity index (χ1n) is 9.43. The van der Waals surface area contributed by atoms with E-state index in [1.165, 1.54) is 13.2 Å². The molecule has 144 valence electrons. The Kier molecular flexibility index (Phi) is 5.87. The molecule has 1 amide bonds. The maximum atomic E-state index is 12.9. The fourth-order valence-corrected chi connectivity index (χ4v) is 5.41. The first kappa shape index (κ1) is 19.2. The van der Waals surface area contributed by atoms with Crippen LogP contribution < -0.4 is 9.46 Å². The monoisotopic (exact) mass is 380 g/mol. The van der Waals surface area contributed by atoms with Crippen molar-refractivity contribution in [1.29, 1.82) is 0 Å². The highest BCUT2D eigenvalue weighted by atomic mass is 32.2. The van der Waals surface area contributed by atoms with Crippen molar-refractivity contribution < 1.29 is 17.9 Å². The number of hydrogen-bond acceptors (Lipinski definition) is 4. The molecule has 26 heavy (non-hydrogen) atoms. The number of nitrogens with one attached hydrogen (secondary N) is 1. The van der Waals surface area contributed by atoms with E-state index < -0.39 is 10.0 Å². The SMILES string of the molecule is COc1ccc(C(=O)N2CCCCC2C)cc1S(=O)(=O)NC1CCCC1. The van der Waals surface area contributed by atoms with Crippen LogP contribution in [0.5, 0.6) is 5.75 Å². The van der Waals surface area contributed by atoms with E-state index in [1.54, 1.807) is 12.1 Å². The minimum Gasteiger partial charge on any atom is -0.495 e. The molecule has 1 aromatic carbocycles. The van der Waals surface area contributed by atoms with Gasteiger partial charge in [0.05, 0.1) is 7.11 Å². The first-order valence-corrected chi connectivity index (χ1v) is 10.9. The van der Waals surface area contributed by atoms with Gasteiger partial charge in [0, 0.05) is 24.2 Å². The molecular formula is C19H28N2O4S. The van der Waals surface area contributed by atoms with E-state index in [0.717, 1.165) is 44.9 Å². The van der Waals surface area contributed by atoms with E-state index in [1.807, 2.05) is 11.8 Å². The van der Waals surface area contributed by atoms with E-state index in [-0.39, 0.29) is 28.6 Å². The van der Waals surface area contributed by atoms with Crippen LogP contribution in [0.1, 0.15) is 62.2 Å². The molecule has 1 aromatic rings. The van der Waals surface area contributed by atoms with Gasteiger partial charge >= 0.3 is 0 Å². The Bertz CT molecular complexity index is 757. The summed E-state index contributed by atoms with van der Waals surface area (Å²) in [5.74, 6) is 0.149. The minimum atomic E-state index is -3.73. The van der Waals surface area contributed by atoms with Crippen LogP contribution in [-0.2, 0) is 10.0 Å². The summed E-state index contributed by atoms with van der Waals surface area (Å²) in [6, 6.07) is 4.82. The van der Waals surface area contributed by atoms with E-state index in [0.29, 0.717) is 12.1 Å². The van der Waals surface area contributed by atoms with Gasteiger partial charge in [0.15, 0.2) is 0 Å². The topological polar surface area (TPSA) is 75.7 Å². The average molecular weight is 381 g/mol. The highest BCUT2D eigenvalue weighted by Gasteiger charge is 2.29. The lowest BCUT2D eigenvalue weighted by atomic mass is 10.0. The van der Waals surface area contributed by atoms with Gasteiger partial charge in [-0.05, 0) is 57.2 Å². The van der Waals surface area contributed by atoms with Crippen LogP contribution in [0, 0.1) is 0 Å². The fraction of sp³-hybridized carbons (Fsp3) is 0.632. The molecular weight excluding hydrogens is 352 g/mol. The molecule has 1 aliphatic heterocycles. The van der Waals surface area contributed by atoms with Gasteiger partial charge in [-0.2, -0.15) is 0 Å². The van der Waals surface area contributed by atoms with Crippen LogP contribution in [0.3, 0.4) is 0 Å². The van der Waals surface area contributed by atoms with E-state index in [2.05, 4.69) is 4.72 Å². The molecule has 0 aromatic heterocycles. The summed E-state index contributed by atoms with van der Waals surface area (Å²) < 4.78 is 33.8. The van der Waals surface area contributed by atoms with Crippen LogP contribution in [0.15, 0.2) is 23.1 Å². The van der Waals surface area contributed by atoms with Crippen molar-refractivity contribution in [2.45, 2.75) is 68.8 Å². The van der Waals surface area contributed by atoms with Gasteiger partial charge in [-0.1, -0.05) is 12.8 Å². The van der Waals surface area contributed by atoms with E-state index in [9.17, 15) is 13.2 Å². The molecule has 3 rings (SSSR count). The molecule has 1 heterocycles. The van der Waals surface area contributed by atoms with Crippen molar-refractivity contribution in [3.05, 3.63) is 23.8 Å². The van der Waals surface area contributed by atoms with Gasteiger partial charge in [0.25, 0.3) is 5.91 Å². The summed E-state index contributed by atoms with van der Waals surface area (Å²) in [6.45, 7) is 2.76. The van der Waals surface area contributed by atoms with Gasteiger partial charge in [-0.3, -0.25) is 4.79 Å². The van der Waals surface area contributed by atoms with Crippen molar-refractivity contribution in [2.24, 2.45) is 0 Å². The third kappa shape index (κ3) is 4.04. The van der Waals surface area contributed by atoms with Crippen LogP contribution in [0.2, 0.25) is 0 Å². The Balaban J connectivity index is 1.89. The highest BCUT2D eigenvalue weighted by Crippen LogP contribution is 2.28. The number of likely N-dealkylation sites (tertiary alicyclic amines) is 1. The van der Waals surface area contributed by atoms with Crippen molar-refractivity contribution in [3.63, 3.8) is 0 Å². The largest absolute Gasteiger partial charge is 0.495 e. The van der Waals surface area contributed by atoms with Gasteiger partial charge in [0.2, 0.25) is 10.0 Å². The maximum Gasteiger partial charge on any atom is 0.254 e. The standard InChI is InChI=1S/C19H28N2O4S/c1-14-7-5-6-12-21(14)19(22)15-10-11-17(25-2)18(13-15)26(23,24)20-16-8-3-4-9-16/h10-11,13-14,16,20H,3-9,12H2,1-2H3. The number of benzene rings is 1. The van der Waals surface area contributed by atoms with Crippen molar-refractivity contribution in [2.75, 3.05) is 13.7 Å². The highest BCUT2D eigenvalue weighted by molar-refractivity contribution is 7.89. The number of ether oxygens (including phenoxy) is 1. The molecule has 2 fully saturated rings. The molecule has 1 saturated heterocycles. The third-order valence-corrected chi connectivity index (χ3v) is 6.98. The molecule has 1 N–H and O–H groups in total. The summed E-state index contributed by atoms with van der Waals surface area (Å²) in [5, 5.41) is 0. The van der Waals surface area contributed by atoms with Crippen LogP contribution in [0.25, 0.3) is 0 Å². The molecule has 2 aliphatic rings. The number of carbonyl (C=O) groups excluding carboxylic acids is 1. The molecule has 6 nitrogen and oxygen atoms in total. The number of sulfonamides is 1. The zero-order chi connectivity index (χ0) is 18.7. The number of carbonyl (C=O) groups is 1. The zero-order valence-corrected chi connectivity index (χ0v) is 16.3. The molecule has 0 bridgehead atoms. The van der Waals surface area contributed by atoms with Gasteiger partial charge in [-0.15, -0.1) is 0 Å².